The normalized spacial score (nSPS) is 16.3. The van der Waals surface area contributed by atoms with Gasteiger partial charge in [0.2, 0.25) is 10.0 Å². The summed E-state index contributed by atoms with van der Waals surface area (Å²) in [5, 5.41) is 0. The van der Waals surface area contributed by atoms with Gasteiger partial charge in [-0.05, 0) is 18.3 Å². The van der Waals surface area contributed by atoms with Crippen molar-refractivity contribution in [2.45, 2.75) is 52.9 Å². The van der Waals surface area contributed by atoms with E-state index in [4.69, 9.17) is 0 Å². The standard InChI is InChI=1S/C11H25NO2S/c1-5-7-9-11(3,8-6-2)10-12-15(4,13)14/h12H,5-10H2,1-4H3. The second-order valence-electron chi connectivity index (χ2n) is 4.76. The fraction of sp³-hybridized carbons (Fsp3) is 1.00. The number of nitrogens with one attached hydrogen (secondary N) is 1. The van der Waals surface area contributed by atoms with Crippen LogP contribution in [-0.4, -0.2) is 21.2 Å². The quantitative estimate of drug-likeness (QED) is 0.702. The zero-order valence-electron chi connectivity index (χ0n) is 10.5. The van der Waals surface area contributed by atoms with Crippen LogP contribution in [0.4, 0.5) is 0 Å². The molecule has 0 amide bonds. The van der Waals surface area contributed by atoms with Gasteiger partial charge in [0.05, 0.1) is 6.26 Å². The van der Waals surface area contributed by atoms with Crippen molar-refractivity contribution in [1.29, 1.82) is 0 Å². The summed E-state index contributed by atoms with van der Waals surface area (Å²) in [6.07, 6.45) is 6.83. The lowest BCUT2D eigenvalue weighted by Gasteiger charge is -2.29. The molecule has 0 aliphatic carbocycles. The number of unbranched alkanes of at least 4 members (excludes halogenated alkanes) is 1. The van der Waals surface area contributed by atoms with E-state index in [2.05, 4.69) is 25.5 Å². The molecule has 0 fully saturated rings. The van der Waals surface area contributed by atoms with Crippen LogP contribution in [0.2, 0.25) is 0 Å². The van der Waals surface area contributed by atoms with Gasteiger partial charge >= 0.3 is 0 Å². The van der Waals surface area contributed by atoms with Crippen molar-refractivity contribution in [3.63, 3.8) is 0 Å². The van der Waals surface area contributed by atoms with Gasteiger partial charge in [-0.25, -0.2) is 13.1 Å². The van der Waals surface area contributed by atoms with Crippen LogP contribution in [0.25, 0.3) is 0 Å². The molecule has 0 aromatic carbocycles. The van der Waals surface area contributed by atoms with E-state index in [0.29, 0.717) is 6.54 Å². The number of hydrogen-bond donors (Lipinski definition) is 1. The third-order valence-electron chi connectivity index (χ3n) is 2.75. The summed E-state index contributed by atoms with van der Waals surface area (Å²) in [5.74, 6) is 0. The van der Waals surface area contributed by atoms with E-state index in [0.717, 1.165) is 25.7 Å². The molecule has 3 nitrogen and oxygen atoms in total. The molecule has 0 aliphatic rings. The van der Waals surface area contributed by atoms with Crippen LogP contribution < -0.4 is 4.72 Å². The van der Waals surface area contributed by atoms with E-state index in [1.54, 1.807) is 0 Å². The van der Waals surface area contributed by atoms with Gasteiger partial charge in [0.1, 0.15) is 0 Å². The van der Waals surface area contributed by atoms with Crippen molar-refractivity contribution < 1.29 is 8.42 Å². The van der Waals surface area contributed by atoms with E-state index >= 15 is 0 Å². The van der Waals surface area contributed by atoms with Gasteiger partial charge in [-0.15, -0.1) is 0 Å². The lowest BCUT2D eigenvalue weighted by Crippen LogP contribution is -2.35. The third kappa shape index (κ3) is 7.79. The minimum absolute atomic E-state index is 0.119. The highest BCUT2D eigenvalue weighted by molar-refractivity contribution is 7.88. The van der Waals surface area contributed by atoms with E-state index in [9.17, 15) is 8.42 Å². The van der Waals surface area contributed by atoms with Crippen molar-refractivity contribution in [3.8, 4) is 0 Å². The lowest BCUT2D eigenvalue weighted by molar-refractivity contribution is 0.263. The Labute approximate surface area is 94.7 Å². The van der Waals surface area contributed by atoms with E-state index in [1.165, 1.54) is 12.7 Å². The largest absolute Gasteiger partial charge is 0.215 e. The Morgan fingerprint density at radius 3 is 2.13 bits per heavy atom. The first-order valence-electron chi connectivity index (χ1n) is 5.77. The Bertz CT molecular complexity index is 262. The second-order valence-corrected chi connectivity index (χ2v) is 6.59. The summed E-state index contributed by atoms with van der Waals surface area (Å²) < 4.78 is 24.7. The molecule has 0 heterocycles. The molecule has 0 radical (unpaired) electrons. The maximum Gasteiger partial charge on any atom is 0.208 e. The van der Waals surface area contributed by atoms with Crippen molar-refractivity contribution in [2.24, 2.45) is 5.41 Å². The lowest BCUT2D eigenvalue weighted by atomic mass is 9.81. The first kappa shape index (κ1) is 14.9. The molecular formula is C11H25NO2S. The van der Waals surface area contributed by atoms with Crippen LogP contribution in [0.15, 0.2) is 0 Å². The average molecular weight is 235 g/mol. The number of sulfonamides is 1. The minimum Gasteiger partial charge on any atom is -0.215 e. The minimum atomic E-state index is -3.05. The van der Waals surface area contributed by atoms with Crippen molar-refractivity contribution in [2.75, 3.05) is 12.8 Å². The predicted octanol–water partition coefficient (Wildman–Crippen LogP) is 2.53. The van der Waals surface area contributed by atoms with Gasteiger partial charge in [0.25, 0.3) is 0 Å². The average Bonchev–Trinajstić information content (AvgIpc) is 2.12. The van der Waals surface area contributed by atoms with Gasteiger partial charge in [-0.3, -0.25) is 0 Å². The monoisotopic (exact) mass is 235 g/mol. The highest BCUT2D eigenvalue weighted by atomic mass is 32.2. The van der Waals surface area contributed by atoms with Crippen LogP contribution in [0.3, 0.4) is 0 Å². The Hall–Kier alpha value is -0.0900. The summed E-state index contributed by atoms with van der Waals surface area (Å²) in [7, 11) is -3.05. The van der Waals surface area contributed by atoms with Crippen molar-refractivity contribution in [3.05, 3.63) is 0 Å². The van der Waals surface area contributed by atoms with Crippen LogP contribution in [0.5, 0.6) is 0 Å². The molecule has 1 atom stereocenters. The smallest absolute Gasteiger partial charge is 0.208 e. The number of rotatable bonds is 8. The summed E-state index contributed by atoms with van der Waals surface area (Å²) in [6.45, 7) is 7.05. The Morgan fingerprint density at radius 2 is 1.73 bits per heavy atom. The fourth-order valence-corrected chi connectivity index (χ4v) is 2.42. The first-order valence-corrected chi connectivity index (χ1v) is 7.67. The zero-order valence-corrected chi connectivity index (χ0v) is 11.3. The van der Waals surface area contributed by atoms with E-state index < -0.39 is 10.0 Å². The molecule has 1 N–H and O–H groups in total. The van der Waals surface area contributed by atoms with Crippen molar-refractivity contribution in [1.82, 2.24) is 4.72 Å². The van der Waals surface area contributed by atoms with Crippen molar-refractivity contribution >= 4 is 10.0 Å². The summed E-state index contributed by atoms with van der Waals surface area (Å²) in [4.78, 5) is 0. The summed E-state index contributed by atoms with van der Waals surface area (Å²) in [5.41, 5.74) is 0.119. The second kappa shape index (κ2) is 6.48. The SMILES string of the molecule is CCCCC(C)(CCC)CNS(C)(=O)=O. The maximum absolute atomic E-state index is 11.0. The Balaban J connectivity index is 4.24. The van der Waals surface area contributed by atoms with Crippen LogP contribution >= 0.6 is 0 Å². The molecule has 0 aromatic rings. The van der Waals surface area contributed by atoms with Crippen LogP contribution in [-0.2, 0) is 10.0 Å². The van der Waals surface area contributed by atoms with Gasteiger partial charge < -0.3 is 0 Å². The molecule has 0 bridgehead atoms. The fourth-order valence-electron chi connectivity index (χ4n) is 1.81. The number of hydrogen-bond acceptors (Lipinski definition) is 2. The molecule has 92 valence electrons. The summed E-state index contributed by atoms with van der Waals surface area (Å²) >= 11 is 0. The molecule has 0 saturated carbocycles. The van der Waals surface area contributed by atoms with E-state index in [1.807, 2.05) is 0 Å². The maximum atomic E-state index is 11.0. The topological polar surface area (TPSA) is 46.2 Å². The molecule has 15 heavy (non-hydrogen) atoms. The molecule has 0 aromatic heterocycles. The molecule has 4 heteroatoms. The highest BCUT2D eigenvalue weighted by Gasteiger charge is 2.23. The van der Waals surface area contributed by atoms with Gasteiger partial charge in [0, 0.05) is 6.54 Å². The molecule has 0 spiro atoms. The molecule has 1 unspecified atom stereocenters. The van der Waals surface area contributed by atoms with Gasteiger partial charge in [-0.1, -0.05) is 40.0 Å². The first-order chi connectivity index (χ1) is 6.83. The van der Waals surface area contributed by atoms with Gasteiger partial charge in [-0.2, -0.15) is 0 Å². The predicted molar refractivity (Wildman–Crippen MR) is 65.4 cm³/mol. The summed E-state index contributed by atoms with van der Waals surface area (Å²) in [6, 6.07) is 0. The molecule has 0 aliphatic heterocycles. The van der Waals surface area contributed by atoms with Gasteiger partial charge in [0.15, 0.2) is 0 Å². The Morgan fingerprint density at radius 1 is 1.13 bits per heavy atom. The van der Waals surface area contributed by atoms with E-state index in [-0.39, 0.29) is 5.41 Å². The Kier molecular flexibility index (Phi) is 6.44. The van der Waals surface area contributed by atoms with Crippen LogP contribution in [0.1, 0.15) is 52.9 Å². The molecule has 0 saturated heterocycles. The molecular weight excluding hydrogens is 210 g/mol. The highest BCUT2D eigenvalue weighted by Crippen LogP contribution is 2.29. The third-order valence-corrected chi connectivity index (χ3v) is 3.42. The molecule has 0 rings (SSSR count). The van der Waals surface area contributed by atoms with Crippen LogP contribution in [0, 0.1) is 5.41 Å². The zero-order chi connectivity index (χ0) is 11.9.